The van der Waals surface area contributed by atoms with E-state index in [1.54, 1.807) is 6.07 Å². The maximum absolute atomic E-state index is 12.6. The maximum Gasteiger partial charge on any atom is 0.336 e. The first-order valence-electron chi connectivity index (χ1n) is 27.8. The molecule has 0 aromatic heterocycles. The summed E-state index contributed by atoms with van der Waals surface area (Å²) in [6, 6.07) is 14.2. The van der Waals surface area contributed by atoms with Crippen LogP contribution in [0.2, 0.25) is 0 Å². The Labute approximate surface area is 400 Å². The molecule has 1 unspecified atom stereocenters. The van der Waals surface area contributed by atoms with Crippen LogP contribution in [0.25, 0.3) is 5.57 Å². The molecule has 0 bridgehead atoms. The average Bonchev–Trinajstić information content (AvgIpc) is 3.32. The molecule has 2 aliphatic rings. The van der Waals surface area contributed by atoms with E-state index in [1.807, 2.05) is 18.2 Å². The molecular formula is C60H96N2O3. The Morgan fingerprint density at radius 3 is 1.46 bits per heavy atom. The summed E-state index contributed by atoms with van der Waals surface area (Å²) in [7, 11) is 0. The van der Waals surface area contributed by atoms with Gasteiger partial charge in [0.25, 0.3) is 0 Å². The van der Waals surface area contributed by atoms with E-state index < -0.39 is 5.97 Å². The van der Waals surface area contributed by atoms with Crippen LogP contribution in [0.5, 0.6) is 5.75 Å². The van der Waals surface area contributed by atoms with Gasteiger partial charge >= 0.3 is 5.97 Å². The van der Waals surface area contributed by atoms with Crippen LogP contribution < -0.4 is 9.64 Å². The summed E-state index contributed by atoms with van der Waals surface area (Å²) in [5.41, 5.74) is 5.09. The summed E-state index contributed by atoms with van der Waals surface area (Å²) < 4.78 is 6.87. The second-order valence-electron chi connectivity index (χ2n) is 19.6. The highest BCUT2D eigenvalue weighted by molar-refractivity contribution is 6.00. The topological polar surface area (TPSA) is 53.0 Å². The lowest BCUT2D eigenvalue weighted by Crippen LogP contribution is -2.35. The molecular weight excluding hydrogens is 797 g/mol. The fourth-order valence-electron chi connectivity index (χ4n) is 10.2. The van der Waals surface area contributed by atoms with E-state index in [4.69, 9.17) is 4.74 Å². The molecule has 0 fully saturated rings. The van der Waals surface area contributed by atoms with Crippen molar-refractivity contribution in [2.45, 2.75) is 239 Å². The second kappa shape index (κ2) is 34.0. The van der Waals surface area contributed by atoms with Crippen molar-refractivity contribution in [1.29, 1.82) is 0 Å². The van der Waals surface area contributed by atoms with Gasteiger partial charge in [-0.3, -0.25) is 4.90 Å². The van der Waals surface area contributed by atoms with Gasteiger partial charge in [-0.25, -0.2) is 4.79 Å². The molecule has 0 radical (unpaired) electrons. The van der Waals surface area contributed by atoms with Crippen molar-refractivity contribution in [3.63, 3.8) is 0 Å². The SMILES string of the molecule is CCCCCCCCCCCCCCCCCCN(CC)c1ccc2c(c1)OC1=CC(N(CC)CCCCCCCCCCCCCCCCCC)C=CC1=C2c1ccccc1C(=O)O. The Hall–Kier alpha value is -3.31. The Morgan fingerprint density at radius 2 is 1.00 bits per heavy atom. The van der Waals surface area contributed by atoms with Gasteiger partial charge in [-0.1, -0.05) is 244 Å². The number of carboxylic acids is 1. The number of ether oxygens (including phenoxy) is 1. The second-order valence-corrected chi connectivity index (χ2v) is 19.6. The number of hydrogen-bond donors (Lipinski definition) is 1. The van der Waals surface area contributed by atoms with Gasteiger partial charge in [-0.05, 0) is 62.7 Å². The molecule has 0 saturated carbocycles. The first-order valence-corrected chi connectivity index (χ1v) is 27.8. The van der Waals surface area contributed by atoms with Crippen LogP contribution in [-0.2, 0) is 0 Å². The van der Waals surface area contributed by atoms with E-state index in [2.05, 4.69) is 73.9 Å². The largest absolute Gasteiger partial charge is 0.478 e. The normalized spacial score (nSPS) is 14.4. The Kier molecular flexibility index (Phi) is 28.4. The highest BCUT2D eigenvalue weighted by Crippen LogP contribution is 2.45. The molecule has 1 aliphatic heterocycles. The molecule has 1 aliphatic carbocycles. The fourth-order valence-corrected chi connectivity index (χ4v) is 10.2. The lowest BCUT2D eigenvalue weighted by Gasteiger charge is -2.33. The van der Waals surface area contributed by atoms with Crippen LogP contribution in [0.4, 0.5) is 5.69 Å². The van der Waals surface area contributed by atoms with Crippen LogP contribution in [-0.4, -0.2) is 48.2 Å². The van der Waals surface area contributed by atoms with Gasteiger partial charge in [0.15, 0.2) is 0 Å². The number of fused-ring (bicyclic) bond motifs is 2. The van der Waals surface area contributed by atoms with Crippen LogP contribution in [0.15, 0.2) is 72.0 Å². The molecule has 0 saturated heterocycles. The lowest BCUT2D eigenvalue weighted by atomic mass is 9.85. The fraction of sp³-hybridized carbons (Fsp3) is 0.683. The summed E-state index contributed by atoms with van der Waals surface area (Å²) in [4.78, 5) is 17.6. The first kappa shape index (κ1) is 54.3. The minimum absolute atomic E-state index is 0.137. The Morgan fingerprint density at radius 1 is 0.538 bits per heavy atom. The van der Waals surface area contributed by atoms with Gasteiger partial charge in [0, 0.05) is 41.6 Å². The minimum atomic E-state index is -0.909. The third-order valence-corrected chi connectivity index (χ3v) is 14.4. The molecule has 0 amide bonds. The van der Waals surface area contributed by atoms with E-state index in [9.17, 15) is 9.90 Å². The van der Waals surface area contributed by atoms with Crippen LogP contribution in [0.3, 0.4) is 0 Å². The Bertz CT molecular complexity index is 1670. The van der Waals surface area contributed by atoms with Gasteiger partial charge in [0.05, 0.1) is 11.6 Å². The van der Waals surface area contributed by atoms with Gasteiger partial charge in [-0.2, -0.15) is 0 Å². The third-order valence-electron chi connectivity index (χ3n) is 14.4. The van der Waals surface area contributed by atoms with Crippen molar-refractivity contribution in [1.82, 2.24) is 4.90 Å². The van der Waals surface area contributed by atoms with Crippen molar-refractivity contribution in [3.8, 4) is 5.75 Å². The summed E-state index contributed by atoms with van der Waals surface area (Å²) in [5.74, 6) is 0.741. The molecule has 5 heteroatoms. The van der Waals surface area contributed by atoms with E-state index >= 15 is 0 Å². The predicted octanol–water partition coefficient (Wildman–Crippen LogP) is 18.1. The van der Waals surface area contributed by atoms with Gasteiger partial charge in [0.2, 0.25) is 0 Å². The molecule has 65 heavy (non-hydrogen) atoms. The molecule has 1 atom stereocenters. The summed E-state index contributed by atoms with van der Waals surface area (Å²) in [6.45, 7) is 13.1. The van der Waals surface area contributed by atoms with Crippen molar-refractivity contribution in [2.24, 2.45) is 0 Å². The maximum atomic E-state index is 12.6. The van der Waals surface area contributed by atoms with E-state index in [0.717, 1.165) is 60.0 Å². The Balaban J connectivity index is 1.26. The number of rotatable bonds is 40. The summed E-state index contributed by atoms with van der Waals surface area (Å²) in [5, 5.41) is 10.3. The van der Waals surface area contributed by atoms with Crippen LogP contribution >= 0.6 is 0 Å². The predicted molar refractivity (Wildman–Crippen MR) is 282 cm³/mol. The number of unbranched alkanes of at least 4 members (excludes halogenated alkanes) is 30. The number of carboxylic acid groups (broad SMARTS) is 1. The summed E-state index contributed by atoms with van der Waals surface area (Å²) in [6.07, 6.45) is 50.9. The first-order chi connectivity index (χ1) is 32.0. The number of nitrogens with zero attached hydrogens (tertiary/aromatic N) is 2. The number of benzene rings is 2. The third kappa shape index (κ3) is 20.2. The molecule has 1 N–H and O–H groups in total. The number of hydrogen-bond acceptors (Lipinski definition) is 4. The highest BCUT2D eigenvalue weighted by atomic mass is 16.5. The average molecular weight is 893 g/mol. The minimum Gasteiger partial charge on any atom is -0.478 e. The zero-order valence-electron chi connectivity index (χ0n) is 42.5. The van der Waals surface area contributed by atoms with Gasteiger partial charge in [-0.15, -0.1) is 0 Å². The smallest absolute Gasteiger partial charge is 0.336 e. The van der Waals surface area contributed by atoms with E-state index in [0.29, 0.717) is 5.56 Å². The number of likely N-dealkylation sites (N-methyl/N-ethyl adjacent to an activating group) is 1. The number of aromatic carboxylic acids is 1. The molecule has 2 aromatic carbocycles. The monoisotopic (exact) mass is 893 g/mol. The molecule has 364 valence electrons. The van der Waals surface area contributed by atoms with Gasteiger partial charge < -0.3 is 14.7 Å². The van der Waals surface area contributed by atoms with E-state index in [-0.39, 0.29) is 6.04 Å². The number of anilines is 1. The van der Waals surface area contributed by atoms with Gasteiger partial charge in [0.1, 0.15) is 11.5 Å². The van der Waals surface area contributed by atoms with Crippen molar-refractivity contribution in [3.05, 3.63) is 88.7 Å². The standard InChI is InChI=1S/C60H96N2O3/c1-5-9-11-13-15-17-19-21-23-25-27-29-31-33-35-39-47-61(7-3)51-43-45-55-57(49-51)65-58-50-52(44-46-56(58)59(55)53-41-37-38-42-54(53)60(63)64)62(8-4)48-40-36-34-32-30-28-26-24-22-20-18-16-14-12-10-6-2/h37-38,41-46,49-51H,5-36,39-40,47-48H2,1-4H3,(H,63,64). The molecule has 5 nitrogen and oxygen atoms in total. The molecule has 4 rings (SSSR count). The summed E-state index contributed by atoms with van der Waals surface area (Å²) >= 11 is 0. The number of allylic oxidation sites excluding steroid dienone is 1. The van der Waals surface area contributed by atoms with Crippen molar-refractivity contribution >= 4 is 17.2 Å². The van der Waals surface area contributed by atoms with Crippen LogP contribution in [0, 0.1) is 0 Å². The van der Waals surface area contributed by atoms with Crippen LogP contribution in [0.1, 0.15) is 255 Å². The molecule has 1 heterocycles. The zero-order chi connectivity index (χ0) is 46.2. The van der Waals surface area contributed by atoms with Crippen molar-refractivity contribution in [2.75, 3.05) is 31.1 Å². The highest BCUT2D eigenvalue weighted by Gasteiger charge is 2.31. The molecule has 2 aromatic rings. The zero-order valence-corrected chi connectivity index (χ0v) is 42.5. The quantitative estimate of drug-likeness (QED) is 0.0676. The van der Waals surface area contributed by atoms with Crippen molar-refractivity contribution < 1.29 is 14.6 Å². The van der Waals surface area contributed by atoms with E-state index in [1.165, 1.54) is 211 Å². The molecule has 0 spiro atoms. The number of carbonyl (C=O) groups is 1. The lowest BCUT2D eigenvalue weighted by molar-refractivity contribution is 0.0696.